The molecule has 0 N–H and O–H groups in total. The first-order chi connectivity index (χ1) is 10.8. The van der Waals surface area contributed by atoms with Crippen molar-refractivity contribution in [3.05, 3.63) is 29.6 Å². The fraction of sp³-hybridized carbons (Fsp3) is 0.611. The first-order valence-corrected chi connectivity index (χ1v) is 8.22. The van der Waals surface area contributed by atoms with Crippen LogP contribution >= 0.6 is 0 Å². The molecule has 0 atom stereocenters. The van der Waals surface area contributed by atoms with E-state index in [0.717, 1.165) is 12.8 Å². The van der Waals surface area contributed by atoms with Gasteiger partial charge < -0.3 is 9.64 Å². The van der Waals surface area contributed by atoms with Crippen molar-refractivity contribution in [3.8, 4) is 0 Å². The number of pyridine rings is 1. The minimum absolute atomic E-state index is 0.0687. The molecular formula is C18H26N2O3. The summed E-state index contributed by atoms with van der Waals surface area (Å²) in [6.45, 7) is 6.17. The fourth-order valence-electron chi connectivity index (χ4n) is 3.24. The van der Waals surface area contributed by atoms with Crippen LogP contribution in [0.4, 0.5) is 0 Å². The van der Waals surface area contributed by atoms with Gasteiger partial charge in [-0.05, 0) is 45.7 Å². The van der Waals surface area contributed by atoms with E-state index in [2.05, 4.69) is 30.5 Å². The standard InChI is InChI=1S/C18H26N2O3/c1-18(2,3)20(14-8-6-5-7-9-14)16(21)15-11-10-13(12-19-15)17(22)23-4/h10-12,14H,5-9H2,1-4H3. The second-order valence-corrected chi connectivity index (χ2v) is 7.06. The third kappa shape index (κ3) is 4.09. The maximum Gasteiger partial charge on any atom is 0.339 e. The van der Waals surface area contributed by atoms with E-state index in [9.17, 15) is 9.59 Å². The predicted molar refractivity (Wildman–Crippen MR) is 88.4 cm³/mol. The molecule has 5 nitrogen and oxygen atoms in total. The number of ether oxygens (including phenoxy) is 1. The van der Waals surface area contributed by atoms with E-state index in [1.165, 1.54) is 32.6 Å². The van der Waals surface area contributed by atoms with Crippen LogP contribution in [0.1, 0.15) is 73.7 Å². The average molecular weight is 318 g/mol. The molecule has 0 radical (unpaired) electrons. The molecule has 1 aliphatic carbocycles. The highest BCUT2D eigenvalue weighted by Crippen LogP contribution is 2.29. The SMILES string of the molecule is COC(=O)c1ccc(C(=O)N(C2CCCCC2)C(C)(C)C)nc1. The summed E-state index contributed by atoms with van der Waals surface area (Å²) in [5, 5.41) is 0. The zero-order chi connectivity index (χ0) is 17.0. The van der Waals surface area contributed by atoms with Crippen LogP contribution in [0, 0.1) is 0 Å². The van der Waals surface area contributed by atoms with Gasteiger partial charge in [-0.1, -0.05) is 19.3 Å². The Hall–Kier alpha value is -1.91. The smallest absolute Gasteiger partial charge is 0.339 e. The van der Waals surface area contributed by atoms with Crippen molar-refractivity contribution < 1.29 is 14.3 Å². The van der Waals surface area contributed by atoms with Crippen LogP contribution in [0.15, 0.2) is 18.3 Å². The zero-order valence-electron chi connectivity index (χ0n) is 14.5. The molecule has 0 spiro atoms. The number of rotatable bonds is 3. The van der Waals surface area contributed by atoms with Crippen molar-refractivity contribution in [1.29, 1.82) is 0 Å². The summed E-state index contributed by atoms with van der Waals surface area (Å²) in [5.41, 5.74) is 0.462. The number of amides is 1. The van der Waals surface area contributed by atoms with Crippen molar-refractivity contribution in [2.75, 3.05) is 7.11 Å². The Morgan fingerprint density at radius 1 is 1.17 bits per heavy atom. The maximum absolute atomic E-state index is 13.0. The summed E-state index contributed by atoms with van der Waals surface area (Å²) >= 11 is 0. The minimum atomic E-state index is -0.448. The van der Waals surface area contributed by atoms with Gasteiger partial charge in [-0.15, -0.1) is 0 Å². The molecule has 1 heterocycles. The third-order valence-corrected chi connectivity index (χ3v) is 4.29. The Kier molecular flexibility index (Phi) is 5.39. The molecule has 23 heavy (non-hydrogen) atoms. The van der Waals surface area contributed by atoms with E-state index in [0.29, 0.717) is 11.3 Å². The van der Waals surface area contributed by atoms with Crippen LogP contribution < -0.4 is 0 Å². The van der Waals surface area contributed by atoms with Crippen molar-refractivity contribution in [2.24, 2.45) is 0 Å². The van der Waals surface area contributed by atoms with Crippen LogP contribution in [-0.4, -0.2) is 40.5 Å². The molecule has 0 unspecified atom stereocenters. The largest absolute Gasteiger partial charge is 0.465 e. The van der Waals surface area contributed by atoms with Crippen LogP contribution in [-0.2, 0) is 4.74 Å². The Morgan fingerprint density at radius 2 is 1.83 bits per heavy atom. The molecule has 5 heteroatoms. The van der Waals surface area contributed by atoms with Crippen LogP contribution in [0.2, 0.25) is 0 Å². The van der Waals surface area contributed by atoms with Gasteiger partial charge in [0.25, 0.3) is 5.91 Å². The van der Waals surface area contributed by atoms with Crippen molar-refractivity contribution >= 4 is 11.9 Å². The van der Waals surface area contributed by atoms with Crippen LogP contribution in [0.5, 0.6) is 0 Å². The van der Waals surface area contributed by atoms with E-state index in [1.54, 1.807) is 12.1 Å². The van der Waals surface area contributed by atoms with Crippen molar-refractivity contribution in [1.82, 2.24) is 9.88 Å². The molecule has 1 aromatic rings. The number of esters is 1. The van der Waals surface area contributed by atoms with Gasteiger partial charge in [-0.2, -0.15) is 0 Å². The van der Waals surface area contributed by atoms with Gasteiger partial charge in [-0.25, -0.2) is 4.79 Å². The van der Waals surface area contributed by atoms with Gasteiger partial charge in [0.15, 0.2) is 0 Å². The molecule has 0 bridgehead atoms. The van der Waals surface area contributed by atoms with E-state index in [4.69, 9.17) is 0 Å². The summed E-state index contributed by atoms with van der Waals surface area (Å²) in [6, 6.07) is 3.46. The predicted octanol–water partition coefficient (Wildman–Crippen LogP) is 3.44. The average Bonchev–Trinajstić information content (AvgIpc) is 2.54. The third-order valence-electron chi connectivity index (χ3n) is 4.29. The zero-order valence-corrected chi connectivity index (χ0v) is 14.5. The molecule has 0 saturated heterocycles. The number of carbonyl (C=O) groups is 2. The number of carbonyl (C=O) groups excluding carboxylic acids is 2. The van der Waals surface area contributed by atoms with Gasteiger partial charge in [0.05, 0.1) is 12.7 Å². The molecule has 2 rings (SSSR count). The molecule has 1 saturated carbocycles. The lowest BCUT2D eigenvalue weighted by Gasteiger charge is -2.43. The first kappa shape index (κ1) is 17.4. The van der Waals surface area contributed by atoms with Gasteiger partial charge in [0.2, 0.25) is 0 Å². The number of aromatic nitrogens is 1. The Bertz CT molecular complexity index is 555. The highest BCUT2D eigenvalue weighted by molar-refractivity contribution is 5.94. The molecule has 126 valence electrons. The Morgan fingerprint density at radius 3 is 2.30 bits per heavy atom. The van der Waals surface area contributed by atoms with Gasteiger partial charge in [0.1, 0.15) is 5.69 Å². The Balaban J connectivity index is 2.24. The van der Waals surface area contributed by atoms with Crippen LogP contribution in [0.3, 0.4) is 0 Å². The lowest BCUT2D eigenvalue weighted by atomic mass is 9.90. The number of methoxy groups -OCH3 is 1. The summed E-state index contributed by atoms with van der Waals surface area (Å²) in [4.78, 5) is 30.6. The van der Waals surface area contributed by atoms with Gasteiger partial charge in [0, 0.05) is 17.8 Å². The van der Waals surface area contributed by atoms with E-state index in [1.807, 2.05) is 4.90 Å². The number of hydrogen-bond acceptors (Lipinski definition) is 4. The second kappa shape index (κ2) is 7.11. The normalized spacial score (nSPS) is 16.0. The molecule has 1 aromatic heterocycles. The van der Waals surface area contributed by atoms with E-state index >= 15 is 0 Å². The van der Waals surface area contributed by atoms with E-state index < -0.39 is 5.97 Å². The summed E-state index contributed by atoms with van der Waals surface area (Å²) in [5.74, 6) is -0.516. The minimum Gasteiger partial charge on any atom is -0.465 e. The number of nitrogens with zero attached hydrogens (tertiary/aromatic N) is 2. The highest BCUT2D eigenvalue weighted by Gasteiger charge is 2.34. The van der Waals surface area contributed by atoms with Crippen molar-refractivity contribution in [3.63, 3.8) is 0 Å². The first-order valence-electron chi connectivity index (χ1n) is 8.22. The van der Waals surface area contributed by atoms with Crippen molar-refractivity contribution in [2.45, 2.75) is 64.5 Å². The maximum atomic E-state index is 13.0. The summed E-state index contributed by atoms with van der Waals surface area (Å²) in [7, 11) is 1.33. The molecule has 1 fully saturated rings. The number of hydrogen-bond donors (Lipinski definition) is 0. The molecule has 0 aliphatic heterocycles. The lowest BCUT2D eigenvalue weighted by Crippen LogP contribution is -2.52. The highest BCUT2D eigenvalue weighted by atomic mass is 16.5. The van der Waals surface area contributed by atoms with Crippen LogP contribution in [0.25, 0.3) is 0 Å². The molecule has 0 aromatic carbocycles. The quantitative estimate of drug-likeness (QED) is 0.801. The topological polar surface area (TPSA) is 59.5 Å². The van der Waals surface area contributed by atoms with Gasteiger partial charge >= 0.3 is 5.97 Å². The van der Waals surface area contributed by atoms with E-state index in [-0.39, 0.29) is 17.5 Å². The lowest BCUT2D eigenvalue weighted by molar-refractivity contribution is 0.0360. The summed E-state index contributed by atoms with van der Waals surface area (Å²) < 4.78 is 4.66. The molecule has 1 amide bonds. The van der Waals surface area contributed by atoms with Gasteiger partial charge in [-0.3, -0.25) is 9.78 Å². The summed E-state index contributed by atoms with van der Waals surface area (Å²) in [6.07, 6.45) is 7.07. The molecule has 1 aliphatic rings. The Labute approximate surface area is 138 Å². The fourth-order valence-corrected chi connectivity index (χ4v) is 3.24. The second-order valence-electron chi connectivity index (χ2n) is 7.06. The monoisotopic (exact) mass is 318 g/mol. The molecular weight excluding hydrogens is 292 g/mol.